The highest BCUT2D eigenvalue weighted by molar-refractivity contribution is 6.37. The Hall–Kier alpha value is -3.10. The second-order valence-electron chi connectivity index (χ2n) is 5.55. The Morgan fingerprint density at radius 2 is 1.96 bits per heavy atom. The van der Waals surface area contributed by atoms with Crippen LogP contribution in [0.25, 0.3) is 0 Å². The number of hydrogen-bond donors (Lipinski definition) is 2. The molecule has 1 aliphatic rings. The molecule has 0 spiro atoms. The lowest BCUT2D eigenvalue weighted by Crippen LogP contribution is -2.38. The van der Waals surface area contributed by atoms with Gasteiger partial charge in [0.15, 0.2) is 17.6 Å². The summed E-state index contributed by atoms with van der Waals surface area (Å²) in [6.07, 6.45) is -0.652. The van der Waals surface area contributed by atoms with Crippen LogP contribution in [0.3, 0.4) is 0 Å². The highest BCUT2D eigenvalue weighted by Crippen LogP contribution is 2.27. The van der Waals surface area contributed by atoms with E-state index in [2.05, 4.69) is 15.8 Å². The van der Waals surface area contributed by atoms with Crippen molar-refractivity contribution in [3.05, 3.63) is 23.8 Å². The maximum atomic E-state index is 12.1. The summed E-state index contributed by atoms with van der Waals surface area (Å²) in [5.74, 6) is -0.295. The number of rotatable bonds is 7. The van der Waals surface area contributed by atoms with Crippen LogP contribution in [0.4, 0.5) is 0 Å². The van der Waals surface area contributed by atoms with Crippen molar-refractivity contribution in [1.29, 1.82) is 0 Å². The molecule has 0 fully saturated rings. The number of nitrogens with one attached hydrogen (secondary N) is 2. The van der Waals surface area contributed by atoms with E-state index < -0.39 is 18.0 Å². The van der Waals surface area contributed by atoms with E-state index in [0.717, 1.165) is 5.56 Å². The van der Waals surface area contributed by atoms with E-state index in [0.29, 0.717) is 11.5 Å². The van der Waals surface area contributed by atoms with Crippen LogP contribution in [0, 0.1) is 0 Å². The van der Waals surface area contributed by atoms with E-state index in [1.165, 1.54) is 21.1 Å². The first kappa shape index (κ1) is 19.2. The summed E-state index contributed by atoms with van der Waals surface area (Å²) in [7, 11) is 3.06. The van der Waals surface area contributed by atoms with E-state index in [4.69, 9.17) is 14.2 Å². The topological polar surface area (TPSA) is 115 Å². The fourth-order valence-corrected chi connectivity index (χ4v) is 2.23. The van der Waals surface area contributed by atoms with E-state index in [9.17, 15) is 14.4 Å². The molecule has 0 radical (unpaired) electrons. The van der Waals surface area contributed by atoms with Crippen LogP contribution < -0.4 is 20.2 Å². The van der Waals surface area contributed by atoms with Gasteiger partial charge in [-0.05, 0) is 24.6 Å². The normalized spacial score (nSPS) is 14.6. The summed E-state index contributed by atoms with van der Waals surface area (Å²) in [5, 5.41) is 6.32. The number of esters is 1. The average Bonchev–Trinajstić information content (AvgIpc) is 2.66. The van der Waals surface area contributed by atoms with Crippen LogP contribution in [0.2, 0.25) is 0 Å². The van der Waals surface area contributed by atoms with Crippen molar-refractivity contribution < 1.29 is 28.6 Å². The summed E-state index contributed by atoms with van der Waals surface area (Å²) in [4.78, 5) is 35.1. The molecule has 9 nitrogen and oxygen atoms in total. The van der Waals surface area contributed by atoms with Crippen molar-refractivity contribution in [1.82, 2.24) is 10.7 Å². The van der Waals surface area contributed by atoms with Gasteiger partial charge >= 0.3 is 5.97 Å². The largest absolute Gasteiger partial charge is 0.493 e. The standard InChI is InChI=1S/C17H21N3O6/c1-10(26-17(23)12-5-7-15(21)20-19-12)16(22)18-9-11-4-6-13(24-2)14(8-11)25-3/h4,6,8,10H,5,7,9H2,1-3H3,(H,18,22)(H,20,21)/t10-/m0/s1. The fraction of sp³-hybridized carbons (Fsp3) is 0.412. The molecule has 0 saturated carbocycles. The summed E-state index contributed by atoms with van der Waals surface area (Å²) >= 11 is 0. The first-order valence-electron chi connectivity index (χ1n) is 7.99. The number of benzene rings is 1. The van der Waals surface area contributed by atoms with Crippen LogP contribution in [-0.2, 0) is 25.7 Å². The summed E-state index contributed by atoms with van der Waals surface area (Å²) in [5.41, 5.74) is 3.09. The van der Waals surface area contributed by atoms with E-state index in [1.807, 2.05) is 0 Å². The predicted molar refractivity (Wildman–Crippen MR) is 91.8 cm³/mol. The first-order valence-corrected chi connectivity index (χ1v) is 7.99. The lowest BCUT2D eigenvalue weighted by atomic mass is 10.2. The Kier molecular flexibility index (Phi) is 6.54. The lowest BCUT2D eigenvalue weighted by molar-refractivity contribution is -0.148. The van der Waals surface area contributed by atoms with Gasteiger partial charge in [0.25, 0.3) is 5.91 Å². The van der Waals surface area contributed by atoms with Crippen molar-refractivity contribution in [2.45, 2.75) is 32.4 Å². The maximum Gasteiger partial charge on any atom is 0.355 e. The molecule has 1 heterocycles. The molecule has 1 aromatic carbocycles. The van der Waals surface area contributed by atoms with Crippen LogP contribution in [-0.4, -0.2) is 43.8 Å². The lowest BCUT2D eigenvalue weighted by Gasteiger charge is -2.16. The van der Waals surface area contributed by atoms with Crippen LogP contribution >= 0.6 is 0 Å². The van der Waals surface area contributed by atoms with Crippen molar-refractivity contribution in [2.24, 2.45) is 5.10 Å². The van der Waals surface area contributed by atoms with Gasteiger partial charge in [0.2, 0.25) is 5.91 Å². The molecule has 1 aliphatic heterocycles. The number of methoxy groups -OCH3 is 2. The zero-order valence-electron chi connectivity index (χ0n) is 14.8. The Morgan fingerprint density at radius 3 is 2.58 bits per heavy atom. The van der Waals surface area contributed by atoms with E-state index in [1.54, 1.807) is 18.2 Å². The minimum Gasteiger partial charge on any atom is -0.493 e. The predicted octanol–water partition coefficient (Wildman–Crippen LogP) is 0.518. The summed E-state index contributed by atoms with van der Waals surface area (Å²) in [6.45, 7) is 1.70. The molecule has 0 bridgehead atoms. The number of carbonyl (C=O) groups is 3. The maximum absolute atomic E-state index is 12.1. The van der Waals surface area contributed by atoms with Crippen molar-refractivity contribution in [2.75, 3.05) is 14.2 Å². The summed E-state index contributed by atoms with van der Waals surface area (Å²) in [6, 6.07) is 5.27. The first-order chi connectivity index (χ1) is 12.4. The number of nitrogens with zero attached hydrogens (tertiary/aromatic N) is 1. The molecular weight excluding hydrogens is 342 g/mol. The zero-order chi connectivity index (χ0) is 19.1. The minimum atomic E-state index is -0.997. The van der Waals surface area contributed by atoms with Gasteiger partial charge in [0.1, 0.15) is 5.71 Å². The van der Waals surface area contributed by atoms with E-state index >= 15 is 0 Å². The smallest absolute Gasteiger partial charge is 0.355 e. The summed E-state index contributed by atoms with van der Waals surface area (Å²) < 4.78 is 15.4. The van der Waals surface area contributed by atoms with Gasteiger partial charge in [-0.25, -0.2) is 10.2 Å². The molecule has 2 rings (SSSR count). The number of ether oxygens (including phenoxy) is 3. The van der Waals surface area contributed by atoms with E-state index in [-0.39, 0.29) is 31.0 Å². The van der Waals surface area contributed by atoms with Crippen molar-refractivity contribution >= 4 is 23.5 Å². The molecule has 1 aromatic rings. The monoisotopic (exact) mass is 363 g/mol. The fourth-order valence-electron chi connectivity index (χ4n) is 2.23. The van der Waals surface area contributed by atoms with Crippen molar-refractivity contribution in [3.63, 3.8) is 0 Å². The molecule has 2 amide bonds. The molecule has 0 unspecified atom stereocenters. The quantitative estimate of drug-likeness (QED) is 0.683. The highest BCUT2D eigenvalue weighted by atomic mass is 16.5. The Bertz CT molecular complexity index is 731. The number of carbonyl (C=O) groups excluding carboxylic acids is 3. The molecule has 26 heavy (non-hydrogen) atoms. The molecule has 0 aromatic heterocycles. The second-order valence-corrected chi connectivity index (χ2v) is 5.55. The average molecular weight is 363 g/mol. The van der Waals surface area contributed by atoms with Gasteiger partial charge in [-0.1, -0.05) is 6.07 Å². The number of hydrogen-bond acceptors (Lipinski definition) is 7. The van der Waals surface area contributed by atoms with Gasteiger partial charge in [-0.2, -0.15) is 5.10 Å². The molecule has 1 atom stereocenters. The third-order valence-corrected chi connectivity index (χ3v) is 3.71. The molecule has 9 heteroatoms. The number of amides is 2. The minimum absolute atomic E-state index is 0.0872. The van der Waals surface area contributed by atoms with Crippen LogP contribution in [0.15, 0.2) is 23.3 Å². The highest BCUT2D eigenvalue weighted by Gasteiger charge is 2.24. The molecule has 140 valence electrons. The van der Waals surface area contributed by atoms with Gasteiger partial charge in [-0.3, -0.25) is 9.59 Å². The zero-order valence-corrected chi connectivity index (χ0v) is 14.8. The van der Waals surface area contributed by atoms with Gasteiger partial charge in [-0.15, -0.1) is 0 Å². The number of hydrazone groups is 1. The van der Waals surface area contributed by atoms with Crippen LogP contribution in [0.5, 0.6) is 11.5 Å². The van der Waals surface area contributed by atoms with Gasteiger partial charge in [0.05, 0.1) is 14.2 Å². The molecule has 0 aliphatic carbocycles. The SMILES string of the molecule is COc1ccc(CNC(=O)[C@H](C)OC(=O)C2=NNC(=O)CC2)cc1OC. The molecular formula is C17H21N3O6. The molecule has 0 saturated heterocycles. The third-order valence-electron chi connectivity index (χ3n) is 3.71. The Morgan fingerprint density at radius 1 is 1.23 bits per heavy atom. The second kappa shape index (κ2) is 8.84. The third kappa shape index (κ3) is 4.95. The van der Waals surface area contributed by atoms with Gasteiger partial charge in [0, 0.05) is 19.4 Å². The van der Waals surface area contributed by atoms with Gasteiger partial charge < -0.3 is 19.5 Å². The van der Waals surface area contributed by atoms with Crippen LogP contribution in [0.1, 0.15) is 25.3 Å². The Balaban J connectivity index is 1.87. The van der Waals surface area contributed by atoms with Crippen molar-refractivity contribution in [3.8, 4) is 11.5 Å². The Labute approximate surface area is 150 Å². The molecule has 2 N–H and O–H groups in total.